The molecule has 0 fully saturated rings. The number of methoxy groups -OCH3 is 1. The van der Waals surface area contributed by atoms with E-state index >= 15 is 0 Å². The maximum Gasteiger partial charge on any atom is 0.337 e. The topological polar surface area (TPSA) is 46.5 Å². The molecule has 1 N–H and O–H groups in total. The Morgan fingerprint density at radius 2 is 2.25 bits per heavy atom. The van der Waals surface area contributed by atoms with Crippen LogP contribution in [0.2, 0.25) is 0 Å². The van der Waals surface area contributed by atoms with E-state index in [9.17, 15) is 4.79 Å². The Morgan fingerprint density at radius 3 is 2.81 bits per heavy atom. The lowest BCUT2D eigenvalue weighted by Crippen LogP contribution is -2.01. The molecule has 3 heteroatoms. The summed E-state index contributed by atoms with van der Waals surface area (Å²) < 4.78 is 4.64. The van der Waals surface area contributed by atoms with Gasteiger partial charge in [0, 0.05) is 6.61 Å². The second-order valence-corrected chi connectivity index (χ2v) is 3.48. The quantitative estimate of drug-likeness (QED) is 0.791. The highest BCUT2D eigenvalue weighted by Gasteiger charge is 2.05. The third-order valence-corrected chi connectivity index (χ3v) is 2.28. The zero-order chi connectivity index (χ0) is 12.0. The lowest BCUT2D eigenvalue weighted by atomic mass is 10.0. The molecule has 86 valence electrons. The molecular weight excluding hydrogens is 204 g/mol. The Labute approximate surface area is 95.4 Å². The minimum absolute atomic E-state index is 0.149. The molecule has 0 spiro atoms. The van der Waals surface area contributed by atoms with Crippen molar-refractivity contribution in [2.24, 2.45) is 0 Å². The van der Waals surface area contributed by atoms with E-state index in [0.717, 1.165) is 11.1 Å². The molecule has 1 aromatic rings. The molecule has 0 aliphatic rings. The zero-order valence-corrected chi connectivity index (χ0v) is 9.56. The van der Waals surface area contributed by atoms with Crippen LogP contribution in [-0.4, -0.2) is 24.8 Å². The Kier molecular flexibility index (Phi) is 4.73. The Morgan fingerprint density at radius 1 is 1.50 bits per heavy atom. The summed E-state index contributed by atoms with van der Waals surface area (Å²) in [6.07, 6.45) is 4.48. The molecule has 0 aromatic heterocycles. The number of carbonyl (C=O) groups excluding carboxylic acids is 1. The van der Waals surface area contributed by atoms with Crippen LogP contribution >= 0.6 is 0 Å². The molecule has 0 unspecified atom stereocenters. The van der Waals surface area contributed by atoms with E-state index in [0.29, 0.717) is 12.0 Å². The van der Waals surface area contributed by atoms with Crippen LogP contribution in [-0.2, 0) is 4.74 Å². The molecule has 0 heterocycles. The van der Waals surface area contributed by atoms with Crippen LogP contribution in [0.4, 0.5) is 0 Å². The van der Waals surface area contributed by atoms with Gasteiger partial charge in [0.2, 0.25) is 0 Å². The van der Waals surface area contributed by atoms with Gasteiger partial charge in [0.05, 0.1) is 12.7 Å². The van der Waals surface area contributed by atoms with Gasteiger partial charge in [0.1, 0.15) is 0 Å². The van der Waals surface area contributed by atoms with E-state index in [1.165, 1.54) is 7.11 Å². The highest BCUT2D eigenvalue weighted by molar-refractivity contribution is 5.89. The summed E-state index contributed by atoms with van der Waals surface area (Å²) in [5.41, 5.74) is 2.61. The number of benzene rings is 1. The highest BCUT2D eigenvalue weighted by Crippen LogP contribution is 2.13. The molecular formula is C13H16O3. The molecule has 0 saturated heterocycles. The van der Waals surface area contributed by atoms with E-state index in [2.05, 4.69) is 4.74 Å². The minimum Gasteiger partial charge on any atom is -0.465 e. The van der Waals surface area contributed by atoms with Crippen molar-refractivity contribution in [2.75, 3.05) is 13.7 Å². The summed E-state index contributed by atoms with van der Waals surface area (Å²) in [4.78, 5) is 11.3. The fraction of sp³-hybridized carbons (Fsp3) is 0.308. The van der Waals surface area contributed by atoms with E-state index < -0.39 is 0 Å². The Balaban J connectivity index is 2.87. The lowest BCUT2D eigenvalue weighted by molar-refractivity contribution is 0.0600. The molecule has 0 aliphatic carbocycles. The maximum absolute atomic E-state index is 11.3. The number of rotatable bonds is 4. The molecule has 0 saturated carbocycles. The van der Waals surface area contributed by atoms with Gasteiger partial charge in [0.15, 0.2) is 0 Å². The van der Waals surface area contributed by atoms with Gasteiger partial charge in [-0.15, -0.1) is 0 Å². The number of ether oxygens (including phenoxy) is 1. The number of hydrogen-bond acceptors (Lipinski definition) is 3. The van der Waals surface area contributed by atoms with Gasteiger partial charge in [0.25, 0.3) is 0 Å². The summed E-state index contributed by atoms with van der Waals surface area (Å²) in [6.45, 7) is 2.08. The van der Waals surface area contributed by atoms with Crippen molar-refractivity contribution in [2.45, 2.75) is 13.3 Å². The number of aliphatic hydroxyl groups excluding tert-OH is 1. The van der Waals surface area contributed by atoms with Crippen LogP contribution in [0.25, 0.3) is 6.08 Å². The number of hydrogen-bond donors (Lipinski definition) is 1. The number of aliphatic hydroxyl groups is 1. The molecule has 1 rings (SSSR count). The van der Waals surface area contributed by atoms with Crippen LogP contribution in [0.3, 0.4) is 0 Å². The van der Waals surface area contributed by atoms with Crippen molar-refractivity contribution in [3.8, 4) is 0 Å². The van der Waals surface area contributed by atoms with Crippen molar-refractivity contribution >= 4 is 12.0 Å². The summed E-state index contributed by atoms with van der Waals surface area (Å²) >= 11 is 0. The van der Waals surface area contributed by atoms with Gasteiger partial charge >= 0.3 is 5.97 Å². The first-order valence-corrected chi connectivity index (χ1v) is 5.15. The average Bonchev–Trinajstić information content (AvgIpc) is 2.30. The first kappa shape index (κ1) is 12.5. The van der Waals surface area contributed by atoms with Crippen molar-refractivity contribution in [1.29, 1.82) is 0 Å². The van der Waals surface area contributed by atoms with Crippen LogP contribution < -0.4 is 0 Å². The van der Waals surface area contributed by atoms with Gasteiger partial charge in [-0.05, 0) is 36.6 Å². The van der Waals surface area contributed by atoms with Crippen molar-refractivity contribution in [1.82, 2.24) is 0 Å². The second-order valence-electron chi connectivity index (χ2n) is 3.48. The third-order valence-electron chi connectivity index (χ3n) is 2.28. The summed E-state index contributed by atoms with van der Waals surface area (Å²) in [6, 6.07) is 5.40. The minimum atomic E-state index is -0.325. The van der Waals surface area contributed by atoms with Gasteiger partial charge in [-0.1, -0.05) is 18.2 Å². The largest absolute Gasteiger partial charge is 0.465 e. The summed E-state index contributed by atoms with van der Waals surface area (Å²) in [5.74, 6) is -0.325. The molecule has 16 heavy (non-hydrogen) atoms. The van der Waals surface area contributed by atoms with E-state index in [4.69, 9.17) is 5.11 Å². The fourth-order valence-corrected chi connectivity index (χ4v) is 1.39. The SMILES string of the molecule is COC(=O)c1ccc(C=CCCO)c(C)c1. The van der Waals surface area contributed by atoms with Gasteiger partial charge in [-0.2, -0.15) is 0 Å². The molecule has 0 amide bonds. The van der Waals surface area contributed by atoms with Crippen molar-refractivity contribution < 1.29 is 14.6 Å². The van der Waals surface area contributed by atoms with Gasteiger partial charge < -0.3 is 9.84 Å². The predicted octanol–water partition coefficient (Wildman–Crippen LogP) is 2.18. The number of aryl methyl sites for hydroxylation is 1. The van der Waals surface area contributed by atoms with Gasteiger partial charge in [-0.3, -0.25) is 0 Å². The first-order valence-electron chi connectivity index (χ1n) is 5.15. The molecule has 0 atom stereocenters. The van der Waals surface area contributed by atoms with E-state index in [1.54, 1.807) is 12.1 Å². The maximum atomic E-state index is 11.3. The fourth-order valence-electron chi connectivity index (χ4n) is 1.39. The average molecular weight is 220 g/mol. The van der Waals surface area contributed by atoms with Crippen LogP contribution in [0.5, 0.6) is 0 Å². The summed E-state index contributed by atoms with van der Waals surface area (Å²) in [7, 11) is 1.37. The number of esters is 1. The monoisotopic (exact) mass is 220 g/mol. The normalized spacial score (nSPS) is 10.7. The standard InChI is InChI=1S/C13H16O3/c1-10-9-12(13(15)16-2)7-6-11(10)5-3-4-8-14/h3,5-7,9,14H,4,8H2,1-2H3. The Hall–Kier alpha value is -1.61. The highest BCUT2D eigenvalue weighted by atomic mass is 16.5. The van der Waals surface area contributed by atoms with Crippen LogP contribution in [0, 0.1) is 6.92 Å². The first-order chi connectivity index (χ1) is 7.69. The number of carbonyl (C=O) groups is 1. The second kappa shape index (κ2) is 6.08. The predicted molar refractivity (Wildman–Crippen MR) is 63.3 cm³/mol. The Bertz CT molecular complexity index is 394. The third kappa shape index (κ3) is 3.21. The molecule has 1 aromatic carbocycles. The van der Waals surface area contributed by atoms with E-state index in [1.807, 2.05) is 25.1 Å². The molecule has 3 nitrogen and oxygen atoms in total. The molecule has 0 radical (unpaired) electrons. The molecule has 0 bridgehead atoms. The van der Waals surface area contributed by atoms with E-state index in [-0.39, 0.29) is 12.6 Å². The zero-order valence-electron chi connectivity index (χ0n) is 9.56. The van der Waals surface area contributed by atoms with Crippen LogP contribution in [0.15, 0.2) is 24.3 Å². The van der Waals surface area contributed by atoms with Crippen molar-refractivity contribution in [3.05, 3.63) is 41.0 Å². The lowest BCUT2D eigenvalue weighted by Gasteiger charge is -2.03. The van der Waals surface area contributed by atoms with Crippen LogP contribution in [0.1, 0.15) is 27.9 Å². The molecule has 0 aliphatic heterocycles. The summed E-state index contributed by atoms with van der Waals surface area (Å²) in [5, 5.41) is 8.65. The van der Waals surface area contributed by atoms with Crippen molar-refractivity contribution in [3.63, 3.8) is 0 Å². The smallest absolute Gasteiger partial charge is 0.337 e. The van der Waals surface area contributed by atoms with Gasteiger partial charge in [-0.25, -0.2) is 4.79 Å².